The van der Waals surface area contributed by atoms with Gasteiger partial charge in [0.2, 0.25) is 0 Å². The molecule has 0 aliphatic rings. The number of aliphatic hydroxyl groups excluding tert-OH is 1. The third kappa shape index (κ3) is 4.54. The summed E-state index contributed by atoms with van der Waals surface area (Å²) in [7, 11) is 0. The van der Waals surface area contributed by atoms with E-state index in [4.69, 9.17) is 28.3 Å². The van der Waals surface area contributed by atoms with E-state index in [1.165, 1.54) is 13.1 Å². The number of aliphatic hydroxyl groups is 1. The topological polar surface area (TPSA) is 95.1 Å². The number of H-pyrrole nitrogens is 1. The predicted molar refractivity (Wildman–Crippen MR) is 88.1 cm³/mol. The first-order valence-corrected chi connectivity index (χ1v) is 7.61. The number of carbonyl (C=O) groups is 1. The maximum Gasteiger partial charge on any atom is 0.263 e. The average molecular weight is 356 g/mol. The van der Waals surface area contributed by atoms with Crippen molar-refractivity contribution < 1.29 is 9.90 Å². The van der Waals surface area contributed by atoms with E-state index >= 15 is 0 Å². The van der Waals surface area contributed by atoms with Gasteiger partial charge in [0, 0.05) is 29.2 Å². The highest BCUT2D eigenvalue weighted by Crippen LogP contribution is 2.25. The summed E-state index contributed by atoms with van der Waals surface area (Å²) in [5.74, 6) is -0.251. The number of rotatable bonds is 5. The fourth-order valence-corrected chi connectivity index (χ4v) is 2.42. The van der Waals surface area contributed by atoms with E-state index in [-0.39, 0.29) is 18.5 Å². The molecule has 0 aliphatic carbocycles. The van der Waals surface area contributed by atoms with Crippen molar-refractivity contribution in [3.63, 3.8) is 0 Å². The summed E-state index contributed by atoms with van der Waals surface area (Å²) in [6.45, 7) is 1.58. The molecule has 122 valence electrons. The van der Waals surface area contributed by atoms with Crippen molar-refractivity contribution >= 4 is 29.1 Å². The van der Waals surface area contributed by atoms with Crippen LogP contribution in [0, 0.1) is 0 Å². The molecule has 1 aromatic carbocycles. The van der Waals surface area contributed by atoms with Crippen molar-refractivity contribution in [3.05, 3.63) is 61.7 Å². The number of halogens is 2. The molecule has 0 aliphatic heterocycles. The lowest BCUT2D eigenvalue weighted by Crippen LogP contribution is -2.34. The van der Waals surface area contributed by atoms with Gasteiger partial charge in [-0.15, -0.1) is 0 Å². The average Bonchev–Trinajstić information content (AvgIpc) is 2.49. The second kappa shape index (κ2) is 7.59. The number of carbonyl (C=O) groups excluding carboxylic acids is 1. The monoisotopic (exact) mass is 355 g/mol. The lowest BCUT2D eigenvalue weighted by molar-refractivity contribution is 0.0922. The second-order valence-electron chi connectivity index (χ2n) is 5.01. The van der Waals surface area contributed by atoms with Crippen LogP contribution >= 0.6 is 23.2 Å². The maximum atomic E-state index is 12.0. The van der Waals surface area contributed by atoms with Crippen LogP contribution in [0.2, 0.25) is 10.0 Å². The Labute approximate surface area is 142 Å². The van der Waals surface area contributed by atoms with Crippen LogP contribution in [0.25, 0.3) is 0 Å². The van der Waals surface area contributed by atoms with Crippen LogP contribution in [0.15, 0.2) is 29.2 Å². The molecule has 1 atom stereocenters. The van der Waals surface area contributed by atoms with E-state index in [9.17, 15) is 9.59 Å². The molecule has 1 unspecified atom stereocenters. The van der Waals surface area contributed by atoms with Gasteiger partial charge in [-0.1, -0.05) is 29.3 Å². The van der Waals surface area contributed by atoms with Gasteiger partial charge >= 0.3 is 0 Å². The van der Waals surface area contributed by atoms with Gasteiger partial charge in [0.15, 0.2) is 0 Å². The summed E-state index contributed by atoms with van der Waals surface area (Å²) < 4.78 is 0. The molecule has 1 aromatic heterocycles. The Morgan fingerprint density at radius 2 is 2.04 bits per heavy atom. The van der Waals surface area contributed by atoms with Crippen LogP contribution in [0.1, 0.15) is 28.7 Å². The number of nitrogens with zero attached hydrogens (tertiary/aromatic N) is 1. The van der Waals surface area contributed by atoms with Crippen LogP contribution in [0.5, 0.6) is 0 Å². The maximum absolute atomic E-state index is 12.0. The minimum Gasteiger partial charge on any atom is -0.392 e. The molecule has 0 saturated carbocycles. The van der Waals surface area contributed by atoms with E-state index in [0.717, 1.165) is 0 Å². The number of nitrogens with one attached hydrogen (secondary N) is 2. The molecule has 1 heterocycles. The minimum absolute atomic E-state index is 0.0508. The minimum atomic E-state index is -0.701. The zero-order valence-corrected chi connectivity index (χ0v) is 13.8. The van der Waals surface area contributed by atoms with Crippen LogP contribution < -0.4 is 10.9 Å². The molecule has 0 fully saturated rings. The number of hydrogen-bond acceptors (Lipinski definition) is 4. The van der Waals surface area contributed by atoms with Gasteiger partial charge < -0.3 is 15.4 Å². The van der Waals surface area contributed by atoms with Crippen molar-refractivity contribution in [3.8, 4) is 0 Å². The first kappa shape index (κ1) is 17.5. The van der Waals surface area contributed by atoms with E-state index in [2.05, 4.69) is 15.3 Å². The molecular formula is C15H15Cl2N3O3. The third-order valence-electron chi connectivity index (χ3n) is 3.06. The zero-order valence-electron chi connectivity index (χ0n) is 12.3. The number of aromatic nitrogens is 2. The second-order valence-corrected chi connectivity index (χ2v) is 5.82. The highest BCUT2D eigenvalue weighted by molar-refractivity contribution is 6.36. The van der Waals surface area contributed by atoms with Crippen molar-refractivity contribution in [2.24, 2.45) is 0 Å². The molecule has 3 N–H and O–H groups in total. The molecule has 8 heteroatoms. The first-order chi connectivity index (χ1) is 10.9. The largest absolute Gasteiger partial charge is 0.392 e. The highest BCUT2D eigenvalue weighted by atomic mass is 35.5. The first-order valence-electron chi connectivity index (χ1n) is 6.86. The standard InChI is InChI=1S/C15H15Cl2N3O3/c1-8(21)6-19-14(22)10-7-18-13(20-15(10)23)5-9-11(16)3-2-4-12(9)17/h2-4,7-8,21H,5-6H2,1H3,(H,19,22)(H,18,20,23). The fraction of sp³-hybridized carbons (Fsp3) is 0.267. The summed E-state index contributed by atoms with van der Waals surface area (Å²) in [6.07, 6.45) is 0.729. The molecule has 0 radical (unpaired) electrons. The molecule has 6 nitrogen and oxygen atoms in total. The Hall–Kier alpha value is -1.89. The van der Waals surface area contributed by atoms with Gasteiger partial charge in [0.05, 0.1) is 6.10 Å². The number of aromatic amines is 1. The zero-order chi connectivity index (χ0) is 17.0. The van der Waals surface area contributed by atoms with Gasteiger partial charge in [0.25, 0.3) is 11.5 Å². The molecule has 0 spiro atoms. The molecule has 1 amide bonds. The summed E-state index contributed by atoms with van der Waals surface area (Å²) in [5.41, 5.74) is -0.0498. The highest BCUT2D eigenvalue weighted by Gasteiger charge is 2.14. The normalized spacial score (nSPS) is 12.0. The SMILES string of the molecule is CC(O)CNC(=O)c1cnc(Cc2c(Cl)cccc2Cl)[nH]c1=O. The number of benzene rings is 1. The van der Waals surface area contributed by atoms with E-state index in [1.807, 2.05) is 0 Å². The number of hydrogen-bond donors (Lipinski definition) is 3. The summed E-state index contributed by atoms with van der Waals surface area (Å²) in [4.78, 5) is 30.4. The van der Waals surface area contributed by atoms with Crippen LogP contribution in [0.4, 0.5) is 0 Å². The summed E-state index contributed by atoms with van der Waals surface area (Å²) >= 11 is 12.2. The third-order valence-corrected chi connectivity index (χ3v) is 3.77. The van der Waals surface area contributed by atoms with Gasteiger partial charge in [0.1, 0.15) is 11.4 Å². The Kier molecular flexibility index (Phi) is 5.76. The smallest absolute Gasteiger partial charge is 0.263 e. The van der Waals surface area contributed by atoms with E-state index in [1.54, 1.807) is 18.2 Å². The van der Waals surface area contributed by atoms with Gasteiger partial charge in [-0.3, -0.25) is 9.59 Å². The van der Waals surface area contributed by atoms with Crippen molar-refractivity contribution in [1.82, 2.24) is 15.3 Å². The lowest BCUT2D eigenvalue weighted by atomic mass is 10.1. The van der Waals surface area contributed by atoms with Crippen molar-refractivity contribution in [2.45, 2.75) is 19.4 Å². The van der Waals surface area contributed by atoms with Gasteiger partial charge in [-0.05, 0) is 24.6 Å². The fourth-order valence-electron chi connectivity index (χ4n) is 1.89. The molecule has 2 aromatic rings. The molecule has 2 rings (SSSR count). The Balaban J connectivity index is 2.20. The summed E-state index contributed by atoms with van der Waals surface area (Å²) in [5, 5.41) is 12.5. The van der Waals surface area contributed by atoms with Crippen molar-refractivity contribution in [1.29, 1.82) is 0 Å². The van der Waals surface area contributed by atoms with Gasteiger partial charge in [-0.25, -0.2) is 4.98 Å². The Morgan fingerprint density at radius 1 is 1.39 bits per heavy atom. The summed E-state index contributed by atoms with van der Waals surface area (Å²) in [6, 6.07) is 5.11. The molecule has 0 bridgehead atoms. The quantitative estimate of drug-likeness (QED) is 0.761. The van der Waals surface area contributed by atoms with Crippen LogP contribution in [0.3, 0.4) is 0 Å². The molecule has 0 saturated heterocycles. The molecular weight excluding hydrogens is 341 g/mol. The van der Waals surface area contributed by atoms with Crippen molar-refractivity contribution in [2.75, 3.05) is 6.54 Å². The van der Waals surface area contributed by atoms with Crippen LogP contribution in [-0.4, -0.2) is 33.6 Å². The lowest BCUT2D eigenvalue weighted by Gasteiger charge is -2.08. The van der Waals surface area contributed by atoms with Crippen LogP contribution in [-0.2, 0) is 6.42 Å². The van der Waals surface area contributed by atoms with E-state index in [0.29, 0.717) is 21.4 Å². The Morgan fingerprint density at radius 3 is 2.61 bits per heavy atom. The predicted octanol–water partition coefficient (Wildman–Crippen LogP) is 1.78. The Bertz CT molecular complexity index is 755. The van der Waals surface area contributed by atoms with E-state index < -0.39 is 17.6 Å². The van der Waals surface area contributed by atoms with Gasteiger partial charge in [-0.2, -0.15) is 0 Å². The number of amides is 1. The molecule has 23 heavy (non-hydrogen) atoms.